The Labute approximate surface area is 85.8 Å². The van der Waals surface area contributed by atoms with E-state index in [1.807, 2.05) is 31.2 Å². The molecule has 3 heteroatoms. The minimum atomic E-state index is 0.0127. The molecule has 1 atom stereocenters. The molecule has 0 aliphatic rings. The number of carbonyl (C=O) groups excluding carboxylic acids is 1. The quantitative estimate of drug-likeness (QED) is 0.590. The molecular weight excluding hydrogens is 230 g/mol. The van der Waals surface area contributed by atoms with E-state index in [2.05, 4.69) is 20.9 Å². The maximum atomic E-state index is 9.96. The molecule has 0 N–H and O–H groups in total. The Morgan fingerprint density at radius 2 is 2.08 bits per heavy atom. The van der Waals surface area contributed by atoms with Gasteiger partial charge in [0, 0.05) is 4.47 Å². The monoisotopic (exact) mass is 239 g/mol. The van der Waals surface area contributed by atoms with Crippen molar-refractivity contribution in [2.24, 2.45) is 4.99 Å². The van der Waals surface area contributed by atoms with Gasteiger partial charge in [0.15, 0.2) is 0 Å². The lowest BCUT2D eigenvalue weighted by atomic mass is 10.1. The summed E-state index contributed by atoms with van der Waals surface area (Å²) in [6.07, 6.45) is 2.35. The number of halogens is 1. The third-order valence-corrected chi connectivity index (χ3v) is 2.25. The number of nitrogens with zero attached hydrogens (tertiary/aromatic N) is 1. The van der Waals surface area contributed by atoms with E-state index in [1.54, 1.807) is 6.08 Å². The Kier molecular flexibility index (Phi) is 3.87. The number of benzene rings is 1. The van der Waals surface area contributed by atoms with Crippen molar-refractivity contribution in [3.8, 4) is 0 Å². The molecule has 0 heterocycles. The van der Waals surface area contributed by atoms with Crippen molar-refractivity contribution in [1.29, 1.82) is 0 Å². The lowest BCUT2D eigenvalue weighted by molar-refractivity contribution is 0.558. The van der Waals surface area contributed by atoms with E-state index in [-0.39, 0.29) is 6.04 Å². The van der Waals surface area contributed by atoms with Gasteiger partial charge in [-0.2, -0.15) is 0 Å². The third kappa shape index (κ3) is 3.53. The average Bonchev–Trinajstić information content (AvgIpc) is 2.09. The van der Waals surface area contributed by atoms with Crippen LogP contribution in [0.4, 0.5) is 0 Å². The highest BCUT2D eigenvalue weighted by Gasteiger charge is 2.00. The molecule has 13 heavy (non-hydrogen) atoms. The molecule has 0 aliphatic heterocycles. The molecule has 0 fully saturated rings. The molecule has 0 bridgehead atoms. The molecule has 1 aromatic carbocycles. The fourth-order valence-corrected chi connectivity index (χ4v) is 1.36. The number of hydrogen-bond acceptors (Lipinski definition) is 2. The second-order valence-electron chi connectivity index (χ2n) is 2.90. The lowest BCUT2D eigenvalue weighted by Gasteiger charge is -2.03. The van der Waals surface area contributed by atoms with Crippen LogP contribution in [-0.4, -0.2) is 12.1 Å². The average molecular weight is 240 g/mol. The minimum Gasteiger partial charge on any atom is -0.211 e. The largest absolute Gasteiger partial charge is 0.235 e. The Hall–Kier alpha value is -0.920. The van der Waals surface area contributed by atoms with Crippen LogP contribution >= 0.6 is 15.9 Å². The molecule has 0 amide bonds. The topological polar surface area (TPSA) is 29.4 Å². The van der Waals surface area contributed by atoms with Crippen LogP contribution in [0.3, 0.4) is 0 Å². The molecule has 2 nitrogen and oxygen atoms in total. The molecular formula is C10H10BrNO. The van der Waals surface area contributed by atoms with Gasteiger partial charge in [-0.3, -0.25) is 0 Å². The van der Waals surface area contributed by atoms with Gasteiger partial charge in [0.2, 0.25) is 6.08 Å². The van der Waals surface area contributed by atoms with Crippen molar-refractivity contribution in [3.63, 3.8) is 0 Å². The van der Waals surface area contributed by atoms with Crippen LogP contribution in [0.1, 0.15) is 12.5 Å². The van der Waals surface area contributed by atoms with Gasteiger partial charge >= 0.3 is 0 Å². The van der Waals surface area contributed by atoms with Crippen LogP contribution in [0.15, 0.2) is 33.7 Å². The summed E-state index contributed by atoms with van der Waals surface area (Å²) in [4.78, 5) is 13.6. The molecule has 0 aliphatic carbocycles. The van der Waals surface area contributed by atoms with Crippen molar-refractivity contribution in [2.45, 2.75) is 19.4 Å². The summed E-state index contributed by atoms with van der Waals surface area (Å²) in [6.45, 7) is 1.90. The molecule has 0 aromatic heterocycles. The fraction of sp³-hybridized carbons (Fsp3) is 0.300. The highest BCUT2D eigenvalue weighted by atomic mass is 79.9. The molecule has 0 saturated heterocycles. The summed E-state index contributed by atoms with van der Waals surface area (Å²) >= 11 is 3.36. The number of isocyanates is 1. The zero-order valence-corrected chi connectivity index (χ0v) is 8.91. The van der Waals surface area contributed by atoms with Gasteiger partial charge in [-0.05, 0) is 31.0 Å². The zero-order valence-electron chi connectivity index (χ0n) is 7.33. The highest BCUT2D eigenvalue weighted by molar-refractivity contribution is 9.10. The van der Waals surface area contributed by atoms with Gasteiger partial charge in [-0.1, -0.05) is 28.1 Å². The normalized spacial score (nSPS) is 11.8. The molecule has 68 valence electrons. The first-order valence-electron chi connectivity index (χ1n) is 4.04. The van der Waals surface area contributed by atoms with Crippen LogP contribution in [0.25, 0.3) is 0 Å². The molecule has 1 rings (SSSR count). The van der Waals surface area contributed by atoms with Crippen molar-refractivity contribution < 1.29 is 4.79 Å². The van der Waals surface area contributed by atoms with Crippen molar-refractivity contribution in [2.75, 3.05) is 0 Å². The van der Waals surface area contributed by atoms with Gasteiger partial charge < -0.3 is 0 Å². The van der Waals surface area contributed by atoms with Gasteiger partial charge in [0.05, 0.1) is 6.04 Å². The second-order valence-corrected chi connectivity index (χ2v) is 3.82. The van der Waals surface area contributed by atoms with Crippen LogP contribution in [0, 0.1) is 0 Å². The first kappa shape index (κ1) is 10.2. The molecule has 0 radical (unpaired) electrons. The number of rotatable bonds is 3. The Morgan fingerprint density at radius 1 is 1.46 bits per heavy atom. The van der Waals surface area contributed by atoms with Gasteiger partial charge in [0.25, 0.3) is 0 Å². The highest BCUT2D eigenvalue weighted by Crippen LogP contribution is 2.12. The van der Waals surface area contributed by atoms with Crippen molar-refractivity contribution >= 4 is 22.0 Å². The molecule has 0 unspecified atom stereocenters. The first-order valence-corrected chi connectivity index (χ1v) is 4.83. The molecule has 1 aromatic rings. The Morgan fingerprint density at radius 3 is 2.62 bits per heavy atom. The van der Waals surface area contributed by atoms with E-state index in [0.717, 1.165) is 10.9 Å². The van der Waals surface area contributed by atoms with Crippen molar-refractivity contribution in [1.82, 2.24) is 0 Å². The zero-order chi connectivity index (χ0) is 9.68. The van der Waals surface area contributed by atoms with Gasteiger partial charge in [0.1, 0.15) is 0 Å². The second kappa shape index (κ2) is 4.95. The van der Waals surface area contributed by atoms with Crippen LogP contribution in [0.2, 0.25) is 0 Å². The fourth-order valence-electron chi connectivity index (χ4n) is 1.10. The van der Waals surface area contributed by atoms with E-state index in [1.165, 1.54) is 5.56 Å². The Bertz CT molecular complexity index is 314. The SMILES string of the molecule is C[C@H](Cc1ccc(Br)cc1)N=C=O. The van der Waals surface area contributed by atoms with Crippen molar-refractivity contribution in [3.05, 3.63) is 34.3 Å². The summed E-state index contributed by atoms with van der Waals surface area (Å²) in [7, 11) is 0. The summed E-state index contributed by atoms with van der Waals surface area (Å²) in [5.41, 5.74) is 1.18. The Balaban J connectivity index is 2.64. The lowest BCUT2D eigenvalue weighted by Crippen LogP contribution is -2.01. The summed E-state index contributed by atoms with van der Waals surface area (Å²) in [6, 6.07) is 8.00. The van der Waals surface area contributed by atoms with Crippen LogP contribution in [-0.2, 0) is 11.2 Å². The minimum absolute atomic E-state index is 0.0127. The van der Waals surface area contributed by atoms with Gasteiger partial charge in [-0.25, -0.2) is 9.79 Å². The van der Waals surface area contributed by atoms with E-state index in [9.17, 15) is 4.79 Å². The van der Waals surface area contributed by atoms with E-state index >= 15 is 0 Å². The summed E-state index contributed by atoms with van der Waals surface area (Å²) in [5, 5.41) is 0. The predicted octanol–water partition coefficient (Wildman–Crippen LogP) is 2.72. The number of hydrogen-bond donors (Lipinski definition) is 0. The van der Waals surface area contributed by atoms with E-state index < -0.39 is 0 Å². The van der Waals surface area contributed by atoms with E-state index in [0.29, 0.717) is 0 Å². The van der Waals surface area contributed by atoms with E-state index in [4.69, 9.17) is 0 Å². The standard InChI is InChI=1S/C10H10BrNO/c1-8(12-7-13)6-9-2-4-10(11)5-3-9/h2-5,8H,6H2,1H3/t8-/m1/s1. The summed E-state index contributed by atoms with van der Waals surface area (Å²) in [5.74, 6) is 0. The maximum absolute atomic E-state index is 9.96. The predicted molar refractivity (Wildman–Crippen MR) is 55.4 cm³/mol. The van der Waals surface area contributed by atoms with Crippen LogP contribution < -0.4 is 0 Å². The van der Waals surface area contributed by atoms with Crippen LogP contribution in [0.5, 0.6) is 0 Å². The maximum Gasteiger partial charge on any atom is 0.235 e. The number of aliphatic imine (C=N–C) groups is 1. The molecule has 0 spiro atoms. The first-order chi connectivity index (χ1) is 6.22. The smallest absolute Gasteiger partial charge is 0.211 e. The summed E-state index contributed by atoms with van der Waals surface area (Å²) < 4.78 is 1.06. The molecule has 0 saturated carbocycles. The third-order valence-electron chi connectivity index (χ3n) is 1.72. The van der Waals surface area contributed by atoms with Gasteiger partial charge in [-0.15, -0.1) is 0 Å².